The number of likely N-dealkylation sites (N-methyl/N-ethyl adjacent to an activating group) is 1. The van der Waals surface area contributed by atoms with Crippen LogP contribution < -0.4 is 0 Å². The Kier molecular flexibility index (Phi) is 6.59. The highest BCUT2D eigenvalue weighted by atomic mass is 32.2. The molecule has 1 rings (SSSR count). The van der Waals surface area contributed by atoms with Gasteiger partial charge < -0.3 is 10.0 Å². The highest BCUT2D eigenvalue weighted by molar-refractivity contribution is 7.98. The summed E-state index contributed by atoms with van der Waals surface area (Å²) in [5.74, 6) is 1.54. The van der Waals surface area contributed by atoms with Gasteiger partial charge in [-0.25, -0.2) is 0 Å². The molecule has 0 fully saturated rings. The first-order valence-electron chi connectivity index (χ1n) is 6.06. The lowest BCUT2D eigenvalue weighted by molar-refractivity contribution is 0.112. The summed E-state index contributed by atoms with van der Waals surface area (Å²) in [6.45, 7) is 2.61. The van der Waals surface area contributed by atoms with Crippen molar-refractivity contribution in [2.75, 3.05) is 26.4 Å². The second-order valence-electron chi connectivity index (χ2n) is 4.50. The third kappa shape index (κ3) is 5.04. The molecule has 19 heavy (non-hydrogen) atoms. The first kappa shape index (κ1) is 15.7. The molecule has 1 N–H and O–H groups in total. The van der Waals surface area contributed by atoms with Crippen molar-refractivity contribution in [2.45, 2.75) is 12.7 Å². The molecule has 1 aromatic heterocycles. The Morgan fingerprint density at radius 1 is 1.42 bits per heavy atom. The molecule has 1 heterocycles. The summed E-state index contributed by atoms with van der Waals surface area (Å²) in [4.78, 5) is 17.2. The normalized spacial score (nSPS) is 11.4. The number of aldehydes is 1. The molecule has 0 amide bonds. The average Bonchev–Trinajstić information content (AvgIpc) is 2.37. The summed E-state index contributed by atoms with van der Waals surface area (Å²) < 4.78 is 0. The number of thioether (sulfide) groups is 1. The van der Waals surface area contributed by atoms with Crippen LogP contribution in [0.3, 0.4) is 0 Å². The lowest BCUT2D eigenvalue weighted by Crippen LogP contribution is -2.10. The molecule has 0 saturated carbocycles. The van der Waals surface area contributed by atoms with Gasteiger partial charge >= 0.3 is 0 Å². The molecule has 5 heteroatoms. The van der Waals surface area contributed by atoms with Gasteiger partial charge in [0.25, 0.3) is 0 Å². The zero-order valence-corrected chi connectivity index (χ0v) is 12.4. The molecule has 0 unspecified atom stereocenters. The largest absolute Gasteiger partial charge is 0.505 e. The van der Waals surface area contributed by atoms with Crippen molar-refractivity contribution in [3.8, 4) is 5.75 Å². The molecule has 0 atom stereocenters. The summed E-state index contributed by atoms with van der Waals surface area (Å²) in [6, 6.07) is 0. The van der Waals surface area contributed by atoms with Crippen LogP contribution in [0.5, 0.6) is 5.75 Å². The minimum Gasteiger partial charge on any atom is -0.505 e. The SMILES string of the molecule is Cc1ncc(CSC/C=C/CN(C)C)c(C=O)c1O. The van der Waals surface area contributed by atoms with Gasteiger partial charge in [0.1, 0.15) is 5.75 Å². The van der Waals surface area contributed by atoms with Crippen molar-refractivity contribution in [2.24, 2.45) is 0 Å². The van der Waals surface area contributed by atoms with Gasteiger partial charge in [0.05, 0.1) is 11.3 Å². The van der Waals surface area contributed by atoms with Crippen LogP contribution in [0.25, 0.3) is 0 Å². The maximum absolute atomic E-state index is 11.0. The third-order valence-corrected chi connectivity index (χ3v) is 3.53. The molecule has 0 radical (unpaired) electrons. The third-order valence-electron chi connectivity index (χ3n) is 2.58. The van der Waals surface area contributed by atoms with Gasteiger partial charge in [-0.1, -0.05) is 12.2 Å². The molecule has 0 aromatic carbocycles. The predicted octanol–water partition coefficient (Wildman–Crippen LogP) is 2.26. The molecular formula is C14H20N2O2S. The molecule has 4 nitrogen and oxygen atoms in total. The Balaban J connectivity index is 2.52. The Hall–Kier alpha value is -1.33. The zero-order chi connectivity index (χ0) is 14.3. The van der Waals surface area contributed by atoms with Gasteiger partial charge in [0.15, 0.2) is 6.29 Å². The smallest absolute Gasteiger partial charge is 0.154 e. The predicted molar refractivity (Wildman–Crippen MR) is 79.9 cm³/mol. The quantitative estimate of drug-likeness (QED) is 0.472. The molecule has 1 aromatic rings. The molecule has 0 aliphatic rings. The number of aromatic nitrogens is 1. The fourth-order valence-electron chi connectivity index (χ4n) is 1.49. The van der Waals surface area contributed by atoms with Gasteiger partial charge in [-0.05, 0) is 26.6 Å². The highest BCUT2D eigenvalue weighted by Crippen LogP contribution is 2.24. The Bertz CT molecular complexity index is 459. The Morgan fingerprint density at radius 3 is 2.79 bits per heavy atom. The number of aryl methyl sites for hydroxylation is 1. The van der Waals surface area contributed by atoms with Crippen molar-refractivity contribution < 1.29 is 9.90 Å². The summed E-state index contributed by atoms with van der Waals surface area (Å²) in [7, 11) is 4.04. The van der Waals surface area contributed by atoms with E-state index in [-0.39, 0.29) is 5.75 Å². The summed E-state index contributed by atoms with van der Waals surface area (Å²) >= 11 is 1.69. The molecule has 0 saturated heterocycles. The number of rotatable bonds is 7. The topological polar surface area (TPSA) is 53.4 Å². The van der Waals surface area contributed by atoms with E-state index in [0.717, 1.165) is 17.9 Å². The molecule has 0 aliphatic heterocycles. The van der Waals surface area contributed by atoms with Gasteiger partial charge in [0.2, 0.25) is 0 Å². The monoisotopic (exact) mass is 280 g/mol. The van der Waals surface area contributed by atoms with E-state index < -0.39 is 0 Å². The van der Waals surface area contributed by atoms with Crippen molar-refractivity contribution in [3.63, 3.8) is 0 Å². The van der Waals surface area contributed by atoms with Crippen molar-refractivity contribution in [1.29, 1.82) is 0 Å². The molecule has 104 valence electrons. The summed E-state index contributed by atoms with van der Waals surface area (Å²) in [5.41, 5.74) is 1.63. The zero-order valence-electron chi connectivity index (χ0n) is 11.6. The van der Waals surface area contributed by atoms with Crippen LogP contribution in [-0.4, -0.2) is 47.7 Å². The number of nitrogens with zero attached hydrogens (tertiary/aromatic N) is 2. The number of hydrogen-bond acceptors (Lipinski definition) is 5. The standard InChI is InChI=1S/C14H20N2O2S/c1-11-14(18)13(9-17)12(8-15-11)10-19-7-5-4-6-16(2)3/h4-5,8-9,18H,6-7,10H2,1-3H3/b5-4+. The summed E-state index contributed by atoms with van der Waals surface area (Å²) in [6.07, 6.45) is 6.57. The van der Waals surface area contributed by atoms with Gasteiger partial charge in [-0.2, -0.15) is 11.8 Å². The van der Waals surface area contributed by atoms with Gasteiger partial charge in [-0.3, -0.25) is 9.78 Å². The van der Waals surface area contributed by atoms with E-state index in [1.807, 2.05) is 14.1 Å². The molecule has 0 spiro atoms. The maximum atomic E-state index is 11.0. The van der Waals surface area contributed by atoms with Crippen molar-refractivity contribution in [1.82, 2.24) is 9.88 Å². The summed E-state index contributed by atoms with van der Waals surface area (Å²) in [5, 5.41) is 9.76. The number of hydrogen-bond donors (Lipinski definition) is 1. The van der Waals surface area contributed by atoms with E-state index in [1.54, 1.807) is 24.9 Å². The van der Waals surface area contributed by atoms with Crippen LogP contribution in [0.2, 0.25) is 0 Å². The number of carbonyl (C=O) groups is 1. The Morgan fingerprint density at radius 2 is 2.16 bits per heavy atom. The highest BCUT2D eigenvalue weighted by Gasteiger charge is 2.10. The van der Waals surface area contributed by atoms with Crippen molar-refractivity contribution in [3.05, 3.63) is 35.2 Å². The second kappa shape index (κ2) is 7.96. The van der Waals surface area contributed by atoms with Crippen LogP contribution in [-0.2, 0) is 5.75 Å². The van der Waals surface area contributed by atoms with Crippen LogP contribution in [0.15, 0.2) is 18.3 Å². The van der Waals surface area contributed by atoms with Gasteiger partial charge in [0, 0.05) is 24.2 Å². The Labute approximate surface area is 118 Å². The first-order valence-corrected chi connectivity index (χ1v) is 7.21. The number of aromatic hydroxyl groups is 1. The van der Waals surface area contributed by atoms with E-state index >= 15 is 0 Å². The molecule has 0 aliphatic carbocycles. The van der Waals surface area contributed by atoms with E-state index in [9.17, 15) is 9.90 Å². The van der Waals surface area contributed by atoms with Crippen LogP contribution in [0.1, 0.15) is 21.6 Å². The lowest BCUT2D eigenvalue weighted by Gasteiger charge is -2.07. The van der Waals surface area contributed by atoms with Gasteiger partial charge in [-0.15, -0.1) is 0 Å². The van der Waals surface area contributed by atoms with Crippen LogP contribution in [0, 0.1) is 6.92 Å². The minimum absolute atomic E-state index is 0.00347. The minimum atomic E-state index is -0.00347. The van der Waals surface area contributed by atoms with E-state index in [0.29, 0.717) is 23.3 Å². The fourth-order valence-corrected chi connectivity index (χ4v) is 2.33. The lowest BCUT2D eigenvalue weighted by atomic mass is 10.1. The first-order chi connectivity index (χ1) is 9.06. The van der Waals surface area contributed by atoms with Crippen LogP contribution >= 0.6 is 11.8 Å². The van der Waals surface area contributed by atoms with E-state index in [2.05, 4.69) is 22.0 Å². The molecule has 0 bridgehead atoms. The second-order valence-corrected chi connectivity index (χ2v) is 5.53. The molecular weight excluding hydrogens is 260 g/mol. The van der Waals surface area contributed by atoms with E-state index in [1.165, 1.54) is 0 Å². The fraction of sp³-hybridized carbons (Fsp3) is 0.429. The van der Waals surface area contributed by atoms with E-state index in [4.69, 9.17) is 0 Å². The maximum Gasteiger partial charge on any atom is 0.154 e. The van der Waals surface area contributed by atoms with Crippen LogP contribution in [0.4, 0.5) is 0 Å². The average molecular weight is 280 g/mol. The number of pyridine rings is 1. The van der Waals surface area contributed by atoms with Crippen molar-refractivity contribution >= 4 is 18.0 Å². The number of carbonyl (C=O) groups excluding carboxylic acids is 1.